The Morgan fingerprint density at radius 3 is 1.62 bits per heavy atom. The molecule has 268 valence electrons. The molecule has 7 aromatic rings. The van der Waals surface area contributed by atoms with Crippen LogP contribution in [-0.4, -0.2) is 21.2 Å². The molecule has 0 aliphatic heterocycles. The molecule has 0 radical (unpaired) electrons. The van der Waals surface area contributed by atoms with Gasteiger partial charge in [0.05, 0.1) is 16.6 Å². The molecule has 0 saturated carbocycles. The molecular formula is C49H51N3S. The Morgan fingerprint density at radius 2 is 1.17 bits per heavy atom. The number of rotatable bonds is 7. The van der Waals surface area contributed by atoms with Crippen molar-refractivity contribution in [2.75, 3.05) is 6.26 Å². The summed E-state index contributed by atoms with van der Waals surface area (Å²) >= 11 is 3.53. The normalized spacial score (nSPS) is 15.4. The Labute approximate surface area is 319 Å². The van der Waals surface area contributed by atoms with Crippen LogP contribution in [0.4, 0.5) is 0 Å². The zero-order chi connectivity index (χ0) is 37.6. The Hall–Kier alpha value is -5.45. The van der Waals surface area contributed by atoms with Gasteiger partial charge in [-0.2, -0.15) is 12.6 Å². The van der Waals surface area contributed by atoms with Crippen molar-refractivity contribution >= 4 is 94.8 Å². The quantitative estimate of drug-likeness (QED) is 0.0939. The number of aromatic nitrogens is 3. The fraction of sp³-hybridized carbons (Fsp3) is 0.184. The monoisotopic (exact) mass is 713 g/mol. The Morgan fingerprint density at radius 1 is 0.679 bits per heavy atom. The van der Waals surface area contributed by atoms with Crippen LogP contribution >= 0.6 is 12.6 Å². The summed E-state index contributed by atoms with van der Waals surface area (Å²) in [5.74, 6) is 0.576. The van der Waals surface area contributed by atoms with Crippen LogP contribution in [0, 0.1) is 5.92 Å². The number of hydrogen-bond acceptors (Lipinski definition) is 1. The van der Waals surface area contributed by atoms with E-state index in [-0.39, 0.29) is 0 Å². The summed E-state index contributed by atoms with van der Waals surface area (Å²) in [7, 11) is 0. The first-order valence-electron chi connectivity index (χ1n) is 18.8. The Bertz CT molecular complexity index is 2690. The molecular weight excluding hydrogens is 663 g/mol. The van der Waals surface area contributed by atoms with E-state index in [0.29, 0.717) is 5.92 Å². The molecule has 1 unspecified atom stereocenters. The smallest absolute Gasteiger partial charge is 0.0588 e. The third kappa shape index (κ3) is 6.80. The van der Waals surface area contributed by atoms with E-state index in [4.69, 9.17) is 0 Å². The van der Waals surface area contributed by atoms with Gasteiger partial charge in [-0.25, -0.2) is 0 Å². The third-order valence-corrected chi connectivity index (χ3v) is 9.92. The summed E-state index contributed by atoms with van der Waals surface area (Å²) in [6.07, 6.45) is 28.6. The molecule has 4 heteroatoms. The molecule has 3 aromatic heterocycles. The zero-order valence-corrected chi connectivity index (χ0v) is 33.0. The van der Waals surface area contributed by atoms with Gasteiger partial charge in [-0.3, -0.25) is 0 Å². The minimum absolute atomic E-state index is 0.576. The molecule has 1 atom stereocenters. The first-order chi connectivity index (χ1) is 26.0. The van der Waals surface area contributed by atoms with Crippen LogP contribution in [0.15, 0.2) is 134 Å². The predicted octanol–water partition coefficient (Wildman–Crippen LogP) is 14.8. The number of hydrogen-bond donors (Lipinski definition) is 4. The van der Waals surface area contributed by atoms with Gasteiger partial charge in [0.1, 0.15) is 0 Å². The lowest BCUT2D eigenvalue weighted by atomic mass is 9.93. The molecule has 0 bridgehead atoms. The number of H-pyrrole nitrogens is 3. The molecule has 53 heavy (non-hydrogen) atoms. The van der Waals surface area contributed by atoms with E-state index in [2.05, 4.69) is 183 Å². The van der Waals surface area contributed by atoms with E-state index in [1.165, 1.54) is 54.6 Å². The van der Waals surface area contributed by atoms with Crippen LogP contribution in [0.2, 0.25) is 0 Å². The number of fused-ring (bicyclic) bond motifs is 12. The Kier molecular flexibility index (Phi) is 11.6. The predicted molar refractivity (Wildman–Crippen MR) is 242 cm³/mol. The topological polar surface area (TPSA) is 47.4 Å². The van der Waals surface area contributed by atoms with E-state index >= 15 is 0 Å². The molecule has 0 amide bonds. The largest absolute Gasteiger partial charge is 0.354 e. The van der Waals surface area contributed by atoms with Crippen molar-refractivity contribution in [2.24, 2.45) is 5.92 Å². The van der Waals surface area contributed by atoms with E-state index in [9.17, 15) is 0 Å². The lowest BCUT2D eigenvalue weighted by Gasteiger charge is -2.12. The molecule has 8 rings (SSSR count). The van der Waals surface area contributed by atoms with Gasteiger partial charge >= 0.3 is 0 Å². The van der Waals surface area contributed by atoms with Crippen molar-refractivity contribution in [1.29, 1.82) is 0 Å². The minimum atomic E-state index is 0.576. The van der Waals surface area contributed by atoms with Gasteiger partial charge in [0.2, 0.25) is 0 Å². The molecule has 0 spiro atoms. The highest BCUT2D eigenvalue weighted by molar-refractivity contribution is 7.79. The van der Waals surface area contributed by atoms with E-state index in [1.54, 1.807) is 6.26 Å². The van der Waals surface area contributed by atoms with Crippen LogP contribution in [0.1, 0.15) is 64.7 Å². The van der Waals surface area contributed by atoms with Gasteiger partial charge in [0.15, 0.2) is 0 Å². The standard InChI is InChI=1S/C46H41N3.C2H6.CH4S/c1-6-10-14-30(13-9-4)33-20-23-39-36(26-33)42-44(48-39)41-35-25-32(29(11-7-2)12-8-3)19-22-38(35)47-45(41)43-37-27-34(21-24-40(37)49-46(42)43)31-17-15-28(5)16-18-31;2*1-2/h6-15,17-28,47-49H,2,16H2,1,3-5H3;1-2H3;2H,1H3/b10-6-,12-8-,13-9-,29-11+,30-14+;;. The van der Waals surface area contributed by atoms with E-state index in [1.807, 2.05) is 19.9 Å². The summed E-state index contributed by atoms with van der Waals surface area (Å²) < 4.78 is 0. The van der Waals surface area contributed by atoms with Crippen LogP contribution in [0.3, 0.4) is 0 Å². The fourth-order valence-corrected chi connectivity index (χ4v) is 7.58. The maximum absolute atomic E-state index is 3.98. The van der Waals surface area contributed by atoms with Crippen molar-refractivity contribution < 1.29 is 0 Å². The van der Waals surface area contributed by atoms with E-state index in [0.717, 1.165) is 50.7 Å². The summed E-state index contributed by atoms with van der Waals surface area (Å²) in [6, 6.07) is 20.4. The van der Waals surface area contributed by atoms with Gasteiger partial charge in [0.25, 0.3) is 0 Å². The van der Waals surface area contributed by atoms with Crippen molar-refractivity contribution in [3.8, 4) is 0 Å². The maximum Gasteiger partial charge on any atom is 0.0588 e. The number of allylic oxidation sites excluding steroid dienone is 15. The average Bonchev–Trinajstić information content (AvgIpc) is 3.88. The molecule has 0 fully saturated rings. The lowest BCUT2D eigenvalue weighted by molar-refractivity contribution is 0.739. The number of thiol groups is 1. The van der Waals surface area contributed by atoms with Crippen molar-refractivity contribution in [3.05, 3.63) is 151 Å². The highest BCUT2D eigenvalue weighted by Crippen LogP contribution is 2.45. The van der Waals surface area contributed by atoms with Gasteiger partial charge in [-0.1, -0.05) is 118 Å². The van der Waals surface area contributed by atoms with Gasteiger partial charge < -0.3 is 15.0 Å². The van der Waals surface area contributed by atoms with E-state index < -0.39 is 0 Å². The number of benzene rings is 4. The Balaban J connectivity index is 0.00000116. The second-order valence-electron chi connectivity index (χ2n) is 13.1. The SMILES string of the molecule is C=C/C=C(\C=C/C)c1ccc2[nH]c3c4c5cc(C6=CCC(C)C=C6)ccc5[nH]c4c4c5cc(C(/C=C\C)=C/C=C\C)ccc5[nH]c4c3c2c1.CC.CS. The molecule has 0 saturated heterocycles. The van der Waals surface area contributed by atoms with Crippen LogP contribution in [0.25, 0.3) is 82.1 Å². The number of aromatic amines is 3. The third-order valence-electron chi connectivity index (χ3n) is 9.92. The summed E-state index contributed by atoms with van der Waals surface area (Å²) in [6.45, 7) is 16.4. The number of nitrogens with one attached hydrogen (secondary N) is 3. The average molecular weight is 714 g/mol. The second-order valence-corrected chi connectivity index (χ2v) is 13.1. The molecule has 1 aliphatic rings. The summed E-state index contributed by atoms with van der Waals surface area (Å²) in [4.78, 5) is 11.7. The van der Waals surface area contributed by atoms with Crippen LogP contribution in [-0.2, 0) is 0 Å². The van der Waals surface area contributed by atoms with Gasteiger partial charge in [-0.05, 0) is 109 Å². The maximum atomic E-state index is 3.98. The lowest BCUT2D eigenvalue weighted by Crippen LogP contribution is -1.94. The second kappa shape index (κ2) is 16.5. The fourth-order valence-electron chi connectivity index (χ4n) is 7.58. The van der Waals surface area contributed by atoms with Crippen molar-refractivity contribution in [1.82, 2.24) is 15.0 Å². The highest BCUT2D eigenvalue weighted by Gasteiger charge is 2.22. The van der Waals surface area contributed by atoms with Crippen molar-refractivity contribution in [3.63, 3.8) is 0 Å². The van der Waals surface area contributed by atoms with Crippen molar-refractivity contribution in [2.45, 2.75) is 48.0 Å². The zero-order valence-electron chi connectivity index (χ0n) is 32.1. The molecule has 3 N–H and O–H groups in total. The first kappa shape index (κ1) is 37.3. The van der Waals surface area contributed by atoms with Gasteiger partial charge in [-0.15, -0.1) is 0 Å². The van der Waals surface area contributed by atoms with Crippen LogP contribution < -0.4 is 0 Å². The highest BCUT2D eigenvalue weighted by atomic mass is 32.1. The van der Waals surface area contributed by atoms with Gasteiger partial charge in [0, 0.05) is 48.9 Å². The summed E-state index contributed by atoms with van der Waals surface area (Å²) in [5, 5.41) is 7.30. The first-order valence-corrected chi connectivity index (χ1v) is 19.7. The molecule has 1 aliphatic carbocycles. The molecule has 3 nitrogen and oxygen atoms in total. The molecule has 4 aromatic carbocycles. The van der Waals surface area contributed by atoms with Crippen LogP contribution in [0.5, 0.6) is 0 Å². The molecule has 3 heterocycles. The minimum Gasteiger partial charge on any atom is -0.354 e. The summed E-state index contributed by atoms with van der Waals surface area (Å²) in [5.41, 5.74) is 14.0.